The van der Waals surface area contributed by atoms with Crippen LogP contribution in [-0.2, 0) is 0 Å². The summed E-state index contributed by atoms with van der Waals surface area (Å²) in [7, 11) is 0. The van der Waals surface area contributed by atoms with Gasteiger partial charge in [0.15, 0.2) is 5.16 Å². The van der Waals surface area contributed by atoms with Gasteiger partial charge in [0.25, 0.3) is 5.56 Å². The van der Waals surface area contributed by atoms with E-state index in [2.05, 4.69) is 22.1 Å². The zero-order valence-electron chi connectivity index (χ0n) is 10.3. The third-order valence-corrected chi connectivity index (χ3v) is 3.82. The molecule has 1 N–H and O–H groups in total. The zero-order valence-corrected chi connectivity index (χ0v) is 11.1. The van der Waals surface area contributed by atoms with E-state index in [1.165, 1.54) is 6.42 Å². The molecule has 0 radical (unpaired) electrons. The van der Waals surface area contributed by atoms with Crippen LogP contribution in [0.4, 0.5) is 0 Å². The fourth-order valence-corrected chi connectivity index (χ4v) is 2.65. The maximum Gasteiger partial charge on any atom is 0.255 e. The molecule has 2 aromatic heterocycles. The number of unbranched alkanes of at least 4 members (excludes halogenated alkanes) is 1. The number of fused-ring (bicyclic) bond motifs is 1. The first-order valence-electron chi connectivity index (χ1n) is 5.72. The number of nitrogens with zero attached hydrogens (tertiary/aromatic N) is 3. The summed E-state index contributed by atoms with van der Waals surface area (Å²) in [5.41, 5.74) is 1.54. The van der Waals surface area contributed by atoms with E-state index in [-0.39, 0.29) is 5.56 Å². The summed E-state index contributed by atoms with van der Waals surface area (Å²) in [6.07, 6.45) is 2.32. The van der Waals surface area contributed by atoms with Gasteiger partial charge >= 0.3 is 0 Å². The third kappa shape index (κ3) is 2.22. The van der Waals surface area contributed by atoms with Gasteiger partial charge in [0.05, 0.1) is 0 Å². The van der Waals surface area contributed by atoms with Crippen molar-refractivity contribution < 1.29 is 0 Å². The smallest absolute Gasteiger partial charge is 0.255 e. The van der Waals surface area contributed by atoms with Gasteiger partial charge in [-0.15, -0.1) is 10.2 Å². The molecule has 2 heterocycles. The van der Waals surface area contributed by atoms with Crippen LogP contribution in [0, 0.1) is 13.8 Å². The normalized spacial score (nSPS) is 11.2. The number of H-pyrrole nitrogens is 1. The average Bonchev–Trinajstić information content (AvgIpc) is 2.70. The first-order chi connectivity index (χ1) is 8.15. The van der Waals surface area contributed by atoms with Crippen LogP contribution >= 0.6 is 11.8 Å². The van der Waals surface area contributed by atoms with Crippen molar-refractivity contribution in [2.45, 2.75) is 38.8 Å². The van der Waals surface area contributed by atoms with E-state index in [9.17, 15) is 4.79 Å². The summed E-state index contributed by atoms with van der Waals surface area (Å²) < 4.78 is 1.91. The van der Waals surface area contributed by atoms with E-state index in [1.807, 2.05) is 18.2 Å². The molecule has 5 nitrogen and oxygen atoms in total. The summed E-state index contributed by atoms with van der Waals surface area (Å²) >= 11 is 1.68. The molecule has 2 aromatic rings. The lowest BCUT2D eigenvalue weighted by Gasteiger charge is -2.05. The van der Waals surface area contributed by atoms with Crippen molar-refractivity contribution in [1.82, 2.24) is 19.6 Å². The maximum absolute atomic E-state index is 11.6. The van der Waals surface area contributed by atoms with Crippen LogP contribution in [0.25, 0.3) is 5.78 Å². The second kappa shape index (κ2) is 4.91. The number of aromatic amines is 1. The van der Waals surface area contributed by atoms with Crippen LogP contribution < -0.4 is 5.56 Å². The molecule has 6 heteroatoms. The minimum Gasteiger partial charge on any atom is -0.290 e. The Bertz CT molecular complexity index is 587. The molecular formula is C11H16N4OS. The Labute approximate surface area is 104 Å². The van der Waals surface area contributed by atoms with Crippen LogP contribution in [0.3, 0.4) is 0 Å². The molecular weight excluding hydrogens is 236 g/mol. The van der Waals surface area contributed by atoms with Crippen LogP contribution in [-0.4, -0.2) is 25.3 Å². The second-order valence-corrected chi connectivity index (χ2v) is 5.07. The Balaban J connectivity index is 2.45. The van der Waals surface area contributed by atoms with Gasteiger partial charge in [0.1, 0.15) is 0 Å². The van der Waals surface area contributed by atoms with Gasteiger partial charge in [-0.3, -0.25) is 14.2 Å². The lowest BCUT2D eigenvalue weighted by atomic mass is 10.3. The predicted molar refractivity (Wildman–Crippen MR) is 68.7 cm³/mol. The molecule has 0 amide bonds. The van der Waals surface area contributed by atoms with Gasteiger partial charge < -0.3 is 0 Å². The fraction of sp³-hybridized carbons (Fsp3) is 0.545. The van der Waals surface area contributed by atoms with Gasteiger partial charge in [-0.1, -0.05) is 25.1 Å². The molecule has 0 saturated heterocycles. The molecule has 0 aliphatic heterocycles. The van der Waals surface area contributed by atoms with E-state index < -0.39 is 0 Å². The van der Waals surface area contributed by atoms with Gasteiger partial charge in [0, 0.05) is 17.0 Å². The largest absolute Gasteiger partial charge is 0.290 e. The van der Waals surface area contributed by atoms with E-state index in [0.29, 0.717) is 5.78 Å². The Morgan fingerprint density at radius 1 is 1.35 bits per heavy atom. The number of nitrogens with one attached hydrogen (secondary N) is 1. The van der Waals surface area contributed by atoms with Crippen molar-refractivity contribution in [3.63, 3.8) is 0 Å². The molecule has 0 aliphatic carbocycles. The van der Waals surface area contributed by atoms with Crippen LogP contribution in [0.15, 0.2) is 9.95 Å². The molecule has 92 valence electrons. The first-order valence-corrected chi connectivity index (χ1v) is 6.71. The monoisotopic (exact) mass is 252 g/mol. The number of hydrogen-bond acceptors (Lipinski definition) is 4. The summed E-state index contributed by atoms with van der Waals surface area (Å²) in [5, 5.41) is 8.96. The minimum atomic E-state index is -0.0903. The highest BCUT2D eigenvalue weighted by molar-refractivity contribution is 7.99. The quantitative estimate of drug-likeness (QED) is 0.667. The van der Waals surface area contributed by atoms with Crippen LogP contribution in [0.1, 0.15) is 31.0 Å². The van der Waals surface area contributed by atoms with Gasteiger partial charge in [-0.2, -0.15) is 0 Å². The van der Waals surface area contributed by atoms with E-state index in [4.69, 9.17) is 0 Å². The standard InChI is InChI=1S/C11H16N4OS/c1-4-5-6-17-11-14-13-10-12-9(16)7(2)8(3)15(10)11/h4-6H2,1-3H3,(H,12,13,16). The van der Waals surface area contributed by atoms with Gasteiger partial charge in [-0.05, 0) is 20.3 Å². The number of hydrogen-bond donors (Lipinski definition) is 1. The predicted octanol–water partition coefficient (Wildman–Crippen LogP) is 1.93. The third-order valence-electron chi connectivity index (χ3n) is 2.81. The zero-order chi connectivity index (χ0) is 12.4. The number of rotatable bonds is 4. The van der Waals surface area contributed by atoms with Crippen molar-refractivity contribution >= 4 is 17.5 Å². The van der Waals surface area contributed by atoms with Crippen molar-refractivity contribution in [1.29, 1.82) is 0 Å². The number of thioether (sulfide) groups is 1. The summed E-state index contributed by atoms with van der Waals surface area (Å²) in [5.74, 6) is 1.55. The van der Waals surface area contributed by atoms with Crippen molar-refractivity contribution in [2.24, 2.45) is 0 Å². The lowest BCUT2D eigenvalue weighted by Crippen LogP contribution is -2.15. The Morgan fingerprint density at radius 3 is 2.82 bits per heavy atom. The van der Waals surface area contributed by atoms with E-state index in [1.54, 1.807) is 11.8 Å². The highest BCUT2D eigenvalue weighted by Crippen LogP contribution is 2.19. The molecule has 0 aromatic carbocycles. The van der Waals surface area contributed by atoms with E-state index >= 15 is 0 Å². The summed E-state index contributed by atoms with van der Waals surface area (Å²) in [6, 6.07) is 0. The number of aryl methyl sites for hydroxylation is 1. The Kier molecular flexibility index (Phi) is 3.51. The molecule has 0 bridgehead atoms. The maximum atomic E-state index is 11.6. The molecule has 2 rings (SSSR count). The number of aromatic nitrogens is 4. The molecule has 0 fully saturated rings. The molecule has 0 aliphatic rings. The average molecular weight is 252 g/mol. The lowest BCUT2D eigenvalue weighted by molar-refractivity contribution is 0.860. The van der Waals surface area contributed by atoms with Crippen molar-refractivity contribution in [3.8, 4) is 0 Å². The van der Waals surface area contributed by atoms with Crippen molar-refractivity contribution in [3.05, 3.63) is 21.6 Å². The topological polar surface area (TPSA) is 63.0 Å². The molecule has 17 heavy (non-hydrogen) atoms. The first kappa shape index (κ1) is 12.2. The minimum absolute atomic E-state index is 0.0903. The SMILES string of the molecule is CCCCSc1nnc2[nH]c(=O)c(C)c(C)n12. The Morgan fingerprint density at radius 2 is 2.12 bits per heavy atom. The molecule has 0 saturated carbocycles. The van der Waals surface area contributed by atoms with Crippen LogP contribution in [0.2, 0.25) is 0 Å². The van der Waals surface area contributed by atoms with Crippen molar-refractivity contribution in [2.75, 3.05) is 5.75 Å². The van der Waals surface area contributed by atoms with Crippen LogP contribution in [0.5, 0.6) is 0 Å². The Hall–Kier alpha value is -1.30. The van der Waals surface area contributed by atoms with Gasteiger partial charge in [-0.25, -0.2) is 0 Å². The molecule has 0 spiro atoms. The highest BCUT2D eigenvalue weighted by atomic mass is 32.2. The molecule has 0 unspecified atom stereocenters. The highest BCUT2D eigenvalue weighted by Gasteiger charge is 2.11. The summed E-state index contributed by atoms with van der Waals surface area (Å²) in [4.78, 5) is 14.3. The second-order valence-electron chi connectivity index (χ2n) is 4.01. The van der Waals surface area contributed by atoms with E-state index in [0.717, 1.165) is 28.6 Å². The molecule has 0 atom stereocenters. The fourth-order valence-electron chi connectivity index (χ4n) is 1.58. The summed E-state index contributed by atoms with van der Waals surface area (Å²) in [6.45, 7) is 5.90. The van der Waals surface area contributed by atoms with Gasteiger partial charge in [0.2, 0.25) is 5.78 Å².